The van der Waals surface area contributed by atoms with Crippen LogP contribution in [0.3, 0.4) is 0 Å². The smallest absolute Gasteiger partial charge is 0.247 e. The molecule has 0 bridgehead atoms. The van der Waals surface area contributed by atoms with E-state index in [-0.39, 0.29) is 5.91 Å². The number of carbonyl (C=O) groups is 2. The van der Waals surface area contributed by atoms with Gasteiger partial charge in [0.25, 0.3) is 0 Å². The van der Waals surface area contributed by atoms with Crippen LogP contribution in [-0.2, 0) is 19.6 Å². The monoisotopic (exact) mass is 375 g/mol. The van der Waals surface area contributed by atoms with Crippen LogP contribution in [0.2, 0.25) is 0 Å². The Labute approximate surface area is 153 Å². The summed E-state index contributed by atoms with van der Waals surface area (Å²) in [6, 6.07) is 14.3. The molecule has 0 saturated heterocycles. The van der Waals surface area contributed by atoms with Crippen molar-refractivity contribution >= 4 is 33.2 Å². The molecule has 0 aliphatic rings. The first-order valence-electron chi connectivity index (χ1n) is 7.85. The second-order valence-electron chi connectivity index (χ2n) is 5.84. The van der Waals surface area contributed by atoms with Gasteiger partial charge in [0.05, 0.1) is 6.26 Å². The zero-order valence-electron chi connectivity index (χ0n) is 14.8. The van der Waals surface area contributed by atoms with Crippen molar-refractivity contribution in [3.63, 3.8) is 0 Å². The van der Waals surface area contributed by atoms with E-state index in [2.05, 4.69) is 10.6 Å². The second kappa shape index (κ2) is 8.11. The summed E-state index contributed by atoms with van der Waals surface area (Å²) in [7, 11) is -2.23. The first-order chi connectivity index (χ1) is 12.2. The summed E-state index contributed by atoms with van der Waals surface area (Å²) in [4.78, 5) is 24.0. The van der Waals surface area contributed by atoms with E-state index in [0.717, 1.165) is 10.6 Å². The Bertz CT molecular complexity index is 898. The SMILES string of the molecule is CC(=O)Nc1cccc(NC(=O)[C@H](c2ccccc2)N(C)S(C)(=O)=O)c1. The average molecular weight is 375 g/mol. The minimum atomic E-state index is -3.60. The fourth-order valence-electron chi connectivity index (χ4n) is 2.44. The maximum atomic E-state index is 12.8. The minimum absolute atomic E-state index is 0.229. The Kier molecular flexibility index (Phi) is 6.12. The van der Waals surface area contributed by atoms with Gasteiger partial charge in [-0.25, -0.2) is 8.42 Å². The first kappa shape index (κ1) is 19.6. The summed E-state index contributed by atoms with van der Waals surface area (Å²) in [5, 5.41) is 5.34. The summed E-state index contributed by atoms with van der Waals surface area (Å²) in [5.41, 5.74) is 1.53. The third-order valence-electron chi connectivity index (χ3n) is 3.70. The Morgan fingerprint density at radius 2 is 1.54 bits per heavy atom. The number of nitrogens with zero attached hydrogens (tertiary/aromatic N) is 1. The van der Waals surface area contributed by atoms with E-state index < -0.39 is 22.0 Å². The lowest BCUT2D eigenvalue weighted by Crippen LogP contribution is -2.38. The number of anilines is 2. The molecule has 26 heavy (non-hydrogen) atoms. The van der Waals surface area contributed by atoms with Gasteiger partial charge in [-0.3, -0.25) is 9.59 Å². The highest BCUT2D eigenvalue weighted by atomic mass is 32.2. The molecule has 7 nitrogen and oxygen atoms in total. The summed E-state index contributed by atoms with van der Waals surface area (Å²) in [5.74, 6) is -0.725. The van der Waals surface area contributed by atoms with Crippen LogP contribution in [0.15, 0.2) is 54.6 Å². The van der Waals surface area contributed by atoms with Gasteiger partial charge in [-0.15, -0.1) is 0 Å². The van der Waals surface area contributed by atoms with Crippen molar-refractivity contribution in [1.29, 1.82) is 0 Å². The lowest BCUT2D eigenvalue weighted by molar-refractivity contribution is -0.119. The molecule has 0 heterocycles. The van der Waals surface area contributed by atoms with Crippen molar-refractivity contribution in [3.05, 3.63) is 60.2 Å². The highest BCUT2D eigenvalue weighted by Gasteiger charge is 2.30. The molecule has 138 valence electrons. The molecule has 0 unspecified atom stereocenters. The molecule has 0 aliphatic heterocycles. The molecule has 2 aromatic rings. The summed E-state index contributed by atoms with van der Waals surface area (Å²) in [6.07, 6.45) is 1.05. The molecule has 0 fully saturated rings. The molecule has 2 amide bonds. The van der Waals surface area contributed by atoms with E-state index >= 15 is 0 Å². The van der Waals surface area contributed by atoms with Gasteiger partial charge >= 0.3 is 0 Å². The van der Waals surface area contributed by atoms with Crippen molar-refractivity contribution < 1.29 is 18.0 Å². The van der Waals surface area contributed by atoms with Gasteiger partial charge in [-0.1, -0.05) is 36.4 Å². The van der Waals surface area contributed by atoms with Crippen molar-refractivity contribution in [2.24, 2.45) is 0 Å². The third-order valence-corrected chi connectivity index (χ3v) is 4.96. The van der Waals surface area contributed by atoms with Crippen LogP contribution in [0.4, 0.5) is 11.4 Å². The molecule has 0 aliphatic carbocycles. The second-order valence-corrected chi connectivity index (χ2v) is 7.89. The number of amides is 2. The van der Waals surface area contributed by atoms with Gasteiger partial charge in [0.1, 0.15) is 6.04 Å². The minimum Gasteiger partial charge on any atom is -0.326 e. The van der Waals surface area contributed by atoms with Crippen LogP contribution in [0.25, 0.3) is 0 Å². The number of benzene rings is 2. The lowest BCUT2D eigenvalue weighted by atomic mass is 10.1. The average Bonchev–Trinajstić information content (AvgIpc) is 2.54. The molecule has 2 rings (SSSR count). The molecule has 0 spiro atoms. The fraction of sp³-hybridized carbons (Fsp3) is 0.222. The van der Waals surface area contributed by atoms with Crippen molar-refractivity contribution in [3.8, 4) is 0 Å². The molecule has 8 heteroatoms. The van der Waals surface area contributed by atoms with Gasteiger partial charge in [0.15, 0.2) is 0 Å². The molecule has 2 N–H and O–H groups in total. The number of carbonyl (C=O) groups excluding carboxylic acids is 2. The maximum Gasteiger partial charge on any atom is 0.247 e. The van der Waals surface area contributed by atoms with E-state index in [1.54, 1.807) is 54.6 Å². The summed E-state index contributed by atoms with van der Waals surface area (Å²) >= 11 is 0. The fourth-order valence-corrected chi connectivity index (χ4v) is 3.04. The van der Waals surface area contributed by atoms with E-state index in [9.17, 15) is 18.0 Å². The van der Waals surface area contributed by atoms with Gasteiger partial charge in [-0.05, 0) is 23.8 Å². The Morgan fingerprint density at radius 1 is 0.962 bits per heavy atom. The summed E-state index contributed by atoms with van der Waals surface area (Å²) in [6.45, 7) is 1.39. The van der Waals surface area contributed by atoms with Crippen LogP contribution < -0.4 is 10.6 Å². The zero-order chi connectivity index (χ0) is 19.3. The number of rotatable bonds is 6. The van der Waals surface area contributed by atoms with Crippen LogP contribution >= 0.6 is 0 Å². The molecule has 0 radical (unpaired) electrons. The number of hydrogen-bond donors (Lipinski definition) is 2. The molecule has 1 atom stereocenters. The van der Waals surface area contributed by atoms with Crippen LogP contribution in [0.5, 0.6) is 0 Å². The van der Waals surface area contributed by atoms with Crippen molar-refractivity contribution in [2.75, 3.05) is 23.9 Å². The van der Waals surface area contributed by atoms with Crippen LogP contribution in [0, 0.1) is 0 Å². The van der Waals surface area contributed by atoms with Gasteiger partial charge in [-0.2, -0.15) is 4.31 Å². The van der Waals surface area contributed by atoms with Crippen LogP contribution in [-0.4, -0.2) is 37.8 Å². The number of hydrogen-bond acceptors (Lipinski definition) is 4. The van der Waals surface area contributed by atoms with Gasteiger partial charge in [0, 0.05) is 25.3 Å². The van der Waals surface area contributed by atoms with Crippen LogP contribution in [0.1, 0.15) is 18.5 Å². The highest BCUT2D eigenvalue weighted by molar-refractivity contribution is 7.88. The number of sulfonamides is 1. The van der Waals surface area contributed by atoms with E-state index in [0.29, 0.717) is 16.9 Å². The standard InChI is InChI=1S/C18H21N3O4S/c1-13(22)19-15-10-7-11-16(12-15)20-18(23)17(21(2)26(3,24)25)14-8-5-4-6-9-14/h4-12,17H,1-3H3,(H,19,22)(H,20,23)/t17-/m0/s1. The predicted molar refractivity (Wildman–Crippen MR) is 101 cm³/mol. The molecule has 0 aromatic heterocycles. The molecular formula is C18H21N3O4S. The Balaban J connectivity index is 2.31. The van der Waals surface area contributed by atoms with Crippen molar-refractivity contribution in [1.82, 2.24) is 4.31 Å². The topological polar surface area (TPSA) is 95.6 Å². The highest BCUT2D eigenvalue weighted by Crippen LogP contribution is 2.24. The zero-order valence-corrected chi connectivity index (χ0v) is 15.6. The van der Waals surface area contributed by atoms with Gasteiger partial charge in [0.2, 0.25) is 21.8 Å². The van der Waals surface area contributed by atoms with E-state index in [4.69, 9.17) is 0 Å². The Hall–Kier alpha value is -2.71. The normalized spacial score (nSPS) is 12.5. The number of likely N-dealkylation sites (N-methyl/N-ethyl adjacent to an activating group) is 1. The lowest BCUT2D eigenvalue weighted by Gasteiger charge is -2.25. The third kappa shape index (κ3) is 5.14. The quantitative estimate of drug-likeness (QED) is 0.809. The van der Waals surface area contributed by atoms with E-state index in [1.807, 2.05) is 0 Å². The number of nitrogens with one attached hydrogen (secondary N) is 2. The largest absolute Gasteiger partial charge is 0.326 e. The molecule has 2 aromatic carbocycles. The molecule has 0 saturated carbocycles. The maximum absolute atomic E-state index is 12.8. The van der Waals surface area contributed by atoms with Crippen molar-refractivity contribution in [2.45, 2.75) is 13.0 Å². The van der Waals surface area contributed by atoms with Gasteiger partial charge < -0.3 is 10.6 Å². The van der Waals surface area contributed by atoms with E-state index in [1.165, 1.54) is 14.0 Å². The first-order valence-corrected chi connectivity index (χ1v) is 9.70. The predicted octanol–water partition coefficient (Wildman–Crippen LogP) is 2.22. The summed E-state index contributed by atoms with van der Waals surface area (Å²) < 4.78 is 25.0. The Morgan fingerprint density at radius 3 is 2.08 bits per heavy atom. The molecular weight excluding hydrogens is 354 g/mol.